The number of carbonyl (C=O) groups is 2. The molecule has 96 valence electrons. The Balaban J connectivity index is 2.00. The van der Waals surface area contributed by atoms with Crippen molar-refractivity contribution in [2.24, 2.45) is 17.3 Å². The molecule has 3 rings (SSSR count). The van der Waals surface area contributed by atoms with E-state index in [1.165, 1.54) is 0 Å². The Hall–Kier alpha value is -1.38. The van der Waals surface area contributed by atoms with Gasteiger partial charge in [-0.25, -0.2) is 4.79 Å². The molecule has 0 aromatic rings. The summed E-state index contributed by atoms with van der Waals surface area (Å²) in [5.41, 5.74) is 1.80. The van der Waals surface area contributed by atoms with E-state index in [2.05, 4.69) is 20.4 Å². The fourth-order valence-electron chi connectivity index (χ4n) is 3.67. The lowest BCUT2D eigenvalue weighted by Crippen LogP contribution is -2.42. The van der Waals surface area contributed by atoms with Gasteiger partial charge in [0.25, 0.3) is 0 Å². The van der Waals surface area contributed by atoms with Crippen LogP contribution in [0.25, 0.3) is 0 Å². The predicted molar refractivity (Wildman–Crippen MR) is 66.7 cm³/mol. The van der Waals surface area contributed by atoms with Crippen molar-refractivity contribution in [1.82, 2.24) is 0 Å². The van der Waals surface area contributed by atoms with Crippen LogP contribution in [0, 0.1) is 17.3 Å². The first-order valence-corrected chi connectivity index (χ1v) is 6.55. The number of fused-ring (bicyclic) bond motifs is 2. The second-order valence-electron chi connectivity index (χ2n) is 6.14. The number of ether oxygens (including phenoxy) is 1. The summed E-state index contributed by atoms with van der Waals surface area (Å²) in [5, 5.41) is 0. The minimum absolute atomic E-state index is 0.0198. The van der Waals surface area contributed by atoms with Crippen molar-refractivity contribution in [3.8, 4) is 0 Å². The van der Waals surface area contributed by atoms with Gasteiger partial charge in [-0.1, -0.05) is 26.0 Å². The Morgan fingerprint density at radius 3 is 2.83 bits per heavy atom. The molecule has 1 saturated heterocycles. The molecule has 0 aromatic heterocycles. The Morgan fingerprint density at radius 1 is 1.39 bits per heavy atom. The number of ketones is 1. The van der Waals surface area contributed by atoms with Crippen molar-refractivity contribution in [2.45, 2.75) is 39.2 Å². The van der Waals surface area contributed by atoms with Crippen molar-refractivity contribution in [3.05, 3.63) is 23.8 Å². The van der Waals surface area contributed by atoms with Gasteiger partial charge in [0.15, 0.2) is 5.78 Å². The van der Waals surface area contributed by atoms with Crippen LogP contribution in [0.1, 0.15) is 33.1 Å². The molecule has 0 N–H and O–H groups in total. The summed E-state index contributed by atoms with van der Waals surface area (Å²) in [5.74, 6) is 0.410. The number of hydrogen-bond acceptors (Lipinski definition) is 3. The van der Waals surface area contributed by atoms with Crippen LogP contribution >= 0.6 is 0 Å². The fraction of sp³-hybridized carbons (Fsp3) is 0.600. The molecule has 1 saturated carbocycles. The third-order valence-corrected chi connectivity index (χ3v) is 5.15. The number of allylic oxidation sites excluding steroid dienone is 1. The van der Waals surface area contributed by atoms with Gasteiger partial charge in [0.2, 0.25) is 0 Å². The lowest BCUT2D eigenvalue weighted by atomic mass is 9.57. The van der Waals surface area contributed by atoms with E-state index in [1.807, 2.05) is 0 Å². The highest BCUT2D eigenvalue weighted by Gasteiger charge is 2.52. The lowest BCUT2D eigenvalue weighted by molar-refractivity contribution is -0.139. The van der Waals surface area contributed by atoms with E-state index < -0.39 is 0 Å². The molecule has 4 atom stereocenters. The Bertz CT molecular complexity index is 488. The molecule has 3 nitrogen and oxygen atoms in total. The molecule has 3 aliphatic rings. The first-order valence-electron chi connectivity index (χ1n) is 6.55. The molecule has 3 heteroatoms. The summed E-state index contributed by atoms with van der Waals surface area (Å²) in [7, 11) is 0. The molecule has 0 aromatic carbocycles. The third kappa shape index (κ3) is 1.43. The van der Waals surface area contributed by atoms with E-state index in [1.54, 1.807) is 6.08 Å². The van der Waals surface area contributed by atoms with Crippen molar-refractivity contribution >= 4 is 11.8 Å². The molecule has 1 heterocycles. The molecule has 0 radical (unpaired) electrons. The van der Waals surface area contributed by atoms with Crippen LogP contribution in [-0.2, 0) is 14.3 Å². The summed E-state index contributed by atoms with van der Waals surface area (Å²) < 4.78 is 5.35. The first kappa shape index (κ1) is 11.7. The highest BCUT2D eigenvalue weighted by atomic mass is 16.6. The summed E-state index contributed by atoms with van der Waals surface area (Å²) >= 11 is 0. The third-order valence-electron chi connectivity index (χ3n) is 5.15. The predicted octanol–water partition coefficient (Wildman–Crippen LogP) is 2.42. The number of esters is 1. The number of carbonyl (C=O) groups excluding carboxylic acids is 2. The first-order chi connectivity index (χ1) is 8.41. The van der Waals surface area contributed by atoms with Gasteiger partial charge >= 0.3 is 5.97 Å². The van der Waals surface area contributed by atoms with Gasteiger partial charge in [0, 0.05) is 24.3 Å². The minimum Gasteiger partial charge on any atom is -0.458 e. The van der Waals surface area contributed by atoms with Crippen LogP contribution in [0.15, 0.2) is 23.8 Å². The van der Waals surface area contributed by atoms with E-state index in [-0.39, 0.29) is 29.2 Å². The summed E-state index contributed by atoms with van der Waals surface area (Å²) in [6.07, 6.45) is 3.87. The van der Waals surface area contributed by atoms with Crippen LogP contribution in [0.3, 0.4) is 0 Å². The average molecular weight is 246 g/mol. The van der Waals surface area contributed by atoms with Crippen molar-refractivity contribution in [1.29, 1.82) is 0 Å². The fourth-order valence-corrected chi connectivity index (χ4v) is 3.67. The van der Waals surface area contributed by atoms with Crippen LogP contribution in [0.2, 0.25) is 0 Å². The van der Waals surface area contributed by atoms with Crippen LogP contribution in [0.5, 0.6) is 0 Å². The van der Waals surface area contributed by atoms with Gasteiger partial charge in [0.1, 0.15) is 6.10 Å². The largest absolute Gasteiger partial charge is 0.458 e. The highest BCUT2D eigenvalue weighted by Crippen LogP contribution is 2.55. The van der Waals surface area contributed by atoms with Gasteiger partial charge < -0.3 is 4.74 Å². The SMILES string of the molecule is C=C1C(=O)OC2CC3=CC(=O)CC(C)C3(C)CC12. The maximum Gasteiger partial charge on any atom is 0.334 e. The maximum atomic E-state index is 11.7. The standard InChI is InChI=1S/C15H18O3/c1-8-4-11(16)5-10-6-13-12(7-15(8,10)3)9(2)14(17)18-13/h5,8,12-13H,2,4,6-7H2,1,3H3. The summed E-state index contributed by atoms with van der Waals surface area (Å²) in [6, 6.07) is 0. The van der Waals surface area contributed by atoms with Gasteiger partial charge in [-0.15, -0.1) is 0 Å². The Labute approximate surface area is 107 Å². The van der Waals surface area contributed by atoms with E-state index >= 15 is 0 Å². The quantitative estimate of drug-likeness (QED) is 0.487. The molecule has 0 amide bonds. The number of rotatable bonds is 0. The smallest absolute Gasteiger partial charge is 0.334 e. The summed E-state index contributed by atoms with van der Waals surface area (Å²) in [6.45, 7) is 8.21. The molecule has 0 spiro atoms. The topological polar surface area (TPSA) is 43.4 Å². The Kier molecular flexibility index (Phi) is 2.31. The monoisotopic (exact) mass is 246 g/mol. The van der Waals surface area contributed by atoms with E-state index in [0.717, 1.165) is 12.0 Å². The normalized spacial score (nSPS) is 43.1. The zero-order chi connectivity index (χ0) is 13.1. The lowest BCUT2D eigenvalue weighted by Gasteiger charge is -2.47. The second-order valence-corrected chi connectivity index (χ2v) is 6.14. The second kappa shape index (κ2) is 3.56. The van der Waals surface area contributed by atoms with Crippen LogP contribution < -0.4 is 0 Å². The Morgan fingerprint density at radius 2 is 2.11 bits per heavy atom. The molecule has 0 bridgehead atoms. The average Bonchev–Trinajstić information content (AvgIpc) is 2.54. The minimum atomic E-state index is -0.258. The molecular weight excluding hydrogens is 228 g/mol. The van der Waals surface area contributed by atoms with Crippen molar-refractivity contribution < 1.29 is 14.3 Å². The highest BCUT2D eigenvalue weighted by molar-refractivity contribution is 5.93. The van der Waals surface area contributed by atoms with Crippen molar-refractivity contribution in [2.75, 3.05) is 0 Å². The van der Waals surface area contributed by atoms with E-state index in [0.29, 0.717) is 24.3 Å². The number of hydrogen-bond donors (Lipinski definition) is 0. The zero-order valence-corrected chi connectivity index (χ0v) is 10.9. The van der Waals surface area contributed by atoms with E-state index in [4.69, 9.17) is 4.74 Å². The van der Waals surface area contributed by atoms with E-state index in [9.17, 15) is 9.59 Å². The molecule has 2 fully saturated rings. The molecule has 18 heavy (non-hydrogen) atoms. The molecule has 1 aliphatic heterocycles. The van der Waals surface area contributed by atoms with Gasteiger partial charge in [-0.05, 0) is 23.8 Å². The van der Waals surface area contributed by atoms with Crippen molar-refractivity contribution in [3.63, 3.8) is 0 Å². The molecule has 4 unspecified atom stereocenters. The maximum absolute atomic E-state index is 11.7. The molecule has 2 aliphatic carbocycles. The van der Waals surface area contributed by atoms with Crippen LogP contribution in [0.4, 0.5) is 0 Å². The molecular formula is C15H18O3. The van der Waals surface area contributed by atoms with Crippen LogP contribution in [-0.4, -0.2) is 17.9 Å². The zero-order valence-electron chi connectivity index (χ0n) is 10.9. The van der Waals surface area contributed by atoms with Gasteiger partial charge in [-0.2, -0.15) is 0 Å². The summed E-state index contributed by atoms with van der Waals surface area (Å²) in [4.78, 5) is 23.3. The van der Waals surface area contributed by atoms with Gasteiger partial charge in [-0.3, -0.25) is 4.79 Å². The van der Waals surface area contributed by atoms with Gasteiger partial charge in [0.05, 0.1) is 0 Å².